The molecule has 0 saturated carbocycles. The number of nitrogens with one attached hydrogen (secondary N) is 2. The average molecular weight is 375 g/mol. The number of aromatic nitrogens is 1. The van der Waals surface area contributed by atoms with Gasteiger partial charge in [-0.25, -0.2) is 0 Å². The SMILES string of the molecule is CCc1cc(=O)[nH]c2cc(NC(=O)CN3C(=O)c4ccccc4C3=O)ccc12. The molecule has 2 N–H and O–H groups in total. The van der Waals surface area contributed by atoms with Crippen LogP contribution in [0.3, 0.4) is 0 Å². The molecule has 140 valence electrons. The highest BCUT2D eigenvalue weighted by Gasteiger charge is 2.36. The number of fused-ring (bicyclic) bond motifs is 2. The molecule has 0 fully saturated rings. The van der Waals surface area contributed by atoms with E-state index >= 15 is 0 Å². The summed E-state index contributed by atoms with van der Waals surface area (Å²) >= 11 is 0. The fourth-order valence-electron chi connectivity index (χ4n) is 3.43. The summed E-state index contributed by atoms with van der Waals surface area (Å²) in [6.07, 6.45) is 0.714. The first-order chi connectivity index (χ1) is 13.5. The van der Waals surface area contributed by atoms with Crippen LogP contribution in [0.2, 0.25) is 0 Å². The number of amides is 3. The lowest BCUT2D eigenvalue weighted by Crippen LogP contribution is -2.37. The summed E-state index contributed by atoms with van der Waals surface area (Å²) in [5.41, 5.74) is 2.40. The van der Waals surface area contributed by atoms with Gasteiger partial charge in [0.15, 0.2) is 0 Å². The average Bonchev–Trinajstić information content (AvgIpc) is 2.92. The Morgan fingerprint density at radius 2 is 1.68 bits per heavy atom. The van der Waals surface area contributed by atoms with E-state index in [0.717, 1.165) is 15.8 Å². The van der Waals surface area contributed by atoms with E-state index in [1.54, 1.807) is 42.5 Å². The lowest BCUT2D eigenvalue weighted by atomic mass is 10.1. The zero-order chi connectivity index (χ0) is 19.8. The Morgan fingerprint density at radius 1 is 1.00 bits per heavy atom. The summed E-state index contributed by atoms with van der Waals surface area (Å²) < 4.78 is 0. The van der Waals surface area contributed by atoms with Crippen molar-refractivity contribution < 1.29 is 14.4 Å². The third-order valence-corrected chi connectivity index (χ3v) is 4.77. The monoisotopic (exact) mass is 375 g/mol. The highest BCUT2D eigenvalue weighted by Crippen LogP contribution is 2.23. The standard InChI is InChI=1S/C21H17N3O4/c1-2-12-9-18(25)23-17-10-13(7-8-14(12)17)22-19(26)11-24-20(27)15-5-3-4-6-16(15)21(24)28/h3-10H,2,11H2,1H3,(H,22,26)(H,23,25). The molecule has 7 nitrogen and oxygen atoms in total. The van der Waals surface area contributed by atoms with Crippen molar-refractivity contribution >= 4 is 34.3 Å². The van der Waals surface area contributed by atoms with Crippen molar-refractivity contribution in [1.82, 2.24) is 9.88 Å². The van der Waals surface area contributed by atoms with Crippen molar-refractivity contribution in [2.24, 2.45) is 0 Å². The fourth-order valence-corrected chi connectivity index (χ4v) is 3.43. The largest absolute Gasteiger partial charge is 0.324 e. The second-order valence-corrected chi connectivity index (χ2v) is 6.56. The second-order valence-electron chi connectivity index (χ2n) is 6.56. The van der Waals surface area contributed by atoms with Crippen molar-refractivity contribution in [2.75, 3.05) is 11.9 Å². The van der Waals surface area contributed by atoms with Gasteiger partial charge >= 0.3 is 0 Å². The van der Waals surface area contributed by atoms with Gasteiger partial charge < -0.3 is 10.3 Å². The van der Waals surface area contributed by atoms with E-state index in [1.165, 1.54) is 0 Å². The molecular formula is C21H17N3O4. The van der Waals surface area contributed by atoms with E-state index in [-0.39, 0.29) is 12.1 Å². The molecule has 0 atom stereocenters. The van der Waals surface area contributed by atoms with Gasteiger partial charge in [0.2, 0.25) is 11.5 Å². The van der Waals surface area contributed by atoms with E-state index in [1.807, 2.05) is 13.0 Å². The van der Waals surface area contributed by atoms with Crippen LogP contribution in [0.25, 0.3) is 10.9 Å². The highest BCUT2D eigenvalue weighted by atomic mass is 16.2. The van der Waals surface area contributed by atoms with Gasteiger partial charge in [-0.15, -0.1) is 0 Å². The minimum Gasteiger partial charge on any atom is -0.324 e. The van der Waals surface area contributed by atoms with E-state index in [4.69, 9.17) is 0 Å². The molecule has 0 unspecified atom stereocenters. The molecule has 2 heterocycles. The number of anilines is 1. The zero-order valence-electron chi connectivity index (χ0n) is 15.1. The van der Waals surface area contributed by atoms with Gasteiger partial charge in [-0.1, -0.05) is 25.1 Å². The summed E-state index contributed by atoms with van der Waals surface area (Å²) in [4.78, 5) is 52.6. The number of nitrogens with zero attached hydrogens (tertiary/aromatic N) is 1. The summed E-state index contributed by atoms with van der Waals surface area (Å²) in [5.74, 6) is -1.46. The van der Waals surface area contributed by atoms with Crippen LogP contribution in [0.15, 0.2) is 53.3 Å². The first kappa shape index (κ1) is 17.7. The third-order valence-electron chi connectivity index (χ3n) is 4.77. The first-order valence-electron chi connectivity index (χ1n) is 8.89. The molecule has 0 spiro atoms. The van der Waals surface area contributed by atoms with Gasteiger partial charge in [-0.05, 0) is 36.2 Å². The normalized spacial score (nSPS) is 13.1. The lowest BCUT2D eigenvalue weighted by Gasteiger charge is -2.14. The predicted octanol–water partition coefficient (Wildman–Crippen LogP) is 2.33. The van der Waals surface area contributed by atoms with Crippen LogP contribution in [-0.2, 0) is 11.2 Å². The number of carbonyl (C=O) groups is 3. The van der Waals surface area contributed by atoms with Gasteiger partial charge in [-0.2, -0.15) is 0 Å². The van der Waals surface area contributed by atoms with Gasteiger partial charge in [0, 0.05) is 17.1 Å². The number of imide groups is 1. The summed E-state index contributed by atoms with van der Waals surface area (Å²) in [5, 5.41) is 3.58. The Kier molecular flexibility index (Phi) is 4.27. The maximum absolute atomic E-state index is 12.4. The van der Waals surface area contributed by atoms with Crippen LogP contribution in [0.4, 0.5) is 5.69 Å². The van der Waals surface area contributed by atoms with E-state index in [9.17, 15) is 19.2 Å². The fraction of sp³-hybridized carbons (Fsp3) is 0.143. The Hall–Kier alpha value is -3.74. The first-order valence-corrected chi connectivity index (χ1v) is 8.89. The van der Waals surface area contributed by atoms with E-state index in [0.29, 0.717) is 28.8 Å². The molecule has 1 aliphatic heterocycles. The van der Waals surface area contributed by atoms with Crippen LogP contribution < -0.4 is 10.9 Å². The number of rotatable bonds is 4. The van der Waals surface area contributed by atoms with Crippen LogP contribution in [0.1, 0.15) is 33.2 Å². The molecule has 1 aliphatic rings. The van der Waals surface area contributed by atoms with E-state index in [2.05, 4.69) is 10.3 Å². The molecule has 3 amide bonds. The topological polar surface area (TPSA) is 99.3 Å². The number of aryl methyl sites for hydroxylation is 1. The van der Waals surface area contributed by atoms with Crippen LogP contribution in [0, 0.1) is 0 Å². The Labute approximate surface area is 160 Å². The number of pyridine rings is 1. The number of aromatic amines is 1. The molecule has 7 heteroatoms. The predicted molar refractivity (Wildman–Crippen MR) is 104 cm³/mol. The molecular weight excluding hydrogens is 358 g/mol. The molecule has 0 aliphatic carbocycles. The molecule has 1 aromatic heterocycles. The number of carbonyl (C=O) groups excluding carboxylic acids is 3. The van der Waals surface area contributed by atoms with E-state index < -0.39 is 17.7 Å². The number of benzene rings is 2. The summed E-state index contributed by atoms with van der Waals surface area (Å²) in [7, 11) is 0. The van der Waals surface area contributed by atoms with Crippen LogP contribution in [0.5, 0.6) is 0 Å². The smallest absolute Gasteiger partial charge is 0.262 e. The second kappa shape index (κ2) is 6.77. The molecule has 3 aromatic rings. The van der Waals surface area contributed by atoms with Crippen LogP contribution in [-0.4, -0.2) is 34.2 Å². The number of H-pyrrole nitrogens is 1. The molecule has 28 heavy (non-hydrogen) atoms. The van der Waals surface area contributed by atoms with Gasteiger partial charge in [0.1, 0.15) is 6.54 Å². The lowest BCUT2D eigenvalue weighted by molar-refractivity contribution is -0.116. The quantitative estimate of drug-likeness (QED) is 0.684. The highest BCUT2D eigenvalue weighted by molar-refractivity contribution is 6.22. The maximum Gasteiger partial charge on any atom is 0.262 e. The van der Waals surface area contributed by atoms with Crippen LogP contribution >= 0.6 is 0 Å². The van der Waals surface area contributed by atoms with Crippen molar-refractivity contribution in [3.8, 4) is 0 Å². The Balaban J connectivity index is 1.54. The number of hydrogen-bond donors (Lipinski definition) is 2. The molecule has 0 radical (unpaired) electrons. The minimum absolute atomic E-state index is 0.209. The van der Waals surface area contributed by atoms with Crippen molar-refractivity contribution in [2.45, 2.75) is 13.3 Å². The summed E-state index contributed by atoms with van der Waals surface area (Å²) in [6.45, 7) is 1.59. The Bertz CT molecular complexity index is 1160. The van der Waals surface area contributed by atoms with Gasteiger partial charge in [0.05, 0.1) is 16.6 Å². The van der Waals surface area contributed by atoms with Crippen molar-refractivity contribution in [3.63, 3.8) is 0 Å². The Morgan fingerprint density at radius 3 is 2.32 bits per heavy atom. The minimum atomic E-state index is -0.497. The molecule has 2 aromatic carbocycles. The maximum atomic E-state index is 12.4. The van der Waals surface area contributed by atoms with Gasteiger partial charge in [-0.3, -0.25) is 24.1 Å². The molecule has 0 saturated heterocycles. The van der Waals surface area contributed by atoms with Crippen molar-refractivity contribution in [3.05, 3.63) is 75.6 Å². The zero-order valence-corrected chi connectivity index (χ0v) is 15.1. The van der Waals surface area contributed by atoms with Gasteiger partial charge in [0.25, 0.3) is 11.8 Å². The molecule has 4 rings (SSSR count). The van der Waals surface area contributed by atoms with Crippen molar-refractivity contribution in [1.29, 1.82) is 0 Å². The molecule has 0 bridgehead atoms. The summed E-state index contributed by atoms with van der Waals surface area (Å²) in [6, 6.07) is 13.2. The number of hydrogen-bond acceptors (Lipinski definition) is 4. The third kappa shape index (κ3) is 2.96.